The van der Waals surface area contributed by atoms with Crippen LogP contribution in [0.25, 0.3) is 0 Å². The van der Waals surface area contributed by atoms with E-state index >= 15 is 0 Å². The van der Waals surface area contributed by atoms with Crippen LogP contribution in [0.1, 0.15) is 53.6 Å². The molecule has 1 aliphatic carbocycles. The van der Waals surface area contributed by atoms with Crippen LogP contribution in [0.4, 0.5) is 0 Å². The number of hydrogen-bond donors (Lipinski definition) is 1. The molecule has 2 aromatic carbocycles. The molecular formula is C19H21NO. The number of carbonyl (C=O) groups excluding carboxylic acids is 1. The minimum Gasteiger partial charge on any atom is -0.315 e. The maximum atomic E-state index is 12.7. The second kappa shape index (κ2) is 5.45. The van der Waals surface area contributed by atoms with Crippen LogP contribution in [-0.2, 0) is 5.54 Å². The van der Waals surface area contributed by atoms with Crippen molar-refractivity contribution in [3.8, 4) is 0 Å². The van der Waals surface area contributed by atoms with Gasteiger partial charge in [-0.15, -0.1) is 0 Å². The third-order valence-corrected chi connectivity index (χ3v) is 4.59. The molecule has 2 aromatic rings. The Kier molecular flexibility index (Phi) is 3.64. The summed E-state index contributed by atoms with van der Waals surface area (Å²) in [7, 11) is 0. The van der Waals surface area contributed by atoms with Gasteiger partial charge in [0, 0.05) is 5.56 Å². The highest BCUT2D eigenvalue weighted by atomic mass is 16.1. The molecule has 1 unspecified atom stereocenters. The van der Waals surface area contributed by atoms with Gasteiger partial charge in [-0.2, -0.15) is 0 Å². The summed E-state index contributed by atoms with van der Waals surface area (Å²) in [6, 6.07) is 17.6. The quantitative estimate of drug-likeness (QED) is 0.859. The van der Waals surface area contributed by atoms with E-state index in [4.69, 9.17) is 5.73 Å². The number of Topliss-reactive ketones (excluding diaryl/α,β-unsaturated/α-hetero) is 1. The third kappa shape index (κ3) is 2.64. The second-order valence-electron chi connectivity index (χ2n) is 6.15. The summed E-state index contributed by atoms with van der Waals surface area (Å²) >= 11 is 0. The molecule has 3 rings (SSSR count). The Hall–Kier alpha value is -1.93. The first-order valence-corrected chi connectivity index (χ1v) is 7.58. The summed E-state index contributed by atoms with van der Waals surface area (Å²) in [6.45, 7) is 1.78. The molecule has 1 saturated carbocycles. The van der Waals surface area contributed by atoms with Gasteiger partial charge in [0.25, 0.3) is 0 Å². The Labute approximate surface area is 126 Å². The lowest BCUT2D eigenvalue weighted by atomic mass is 9.79. The zero-order valence-corrected chi connectivity index (χ0v) is 12.4. The summed E-state index contributed by atoms with van der Waals surface area (Å²) in [5, 5.41) is 0. The first-order chi connectivity index (χ1) is 10.1. The van der Waals surface area contributed by atoms with Crippen LogP contribution in [0.3, 0.4) is 0 Å². The van der Waals surface area contributed by atoms with Gasteiger partial charge in [0.2, 0.25) is 0 Å². The van der Waals surface area contributed by atoms with Gasteiger partial charge in [-0.25, -0.2) is 0 Å². The Morgan fingerprint density at radius 1 is 1.05 bits per heavy atom. The molecule has 0 radical (unpaired) electrons. The maximum Gasteiger partial charge on any atom is 0.186 e. The van der Waals surface area contributed by atoms with E-state index in [-0.39, 0.29) is 5.78 Å². The summed E-state index contributed by atoms with van der Waals surface area (Å²) in [5.41, 5.74) is 8.19. The molecule has 0 aliphatic heterocycles. The van der Waals surface area contributed by atoms with Gasteiger partial charge in [0.15, 0.2) is 5.78 Å². The lowest BCUT2D eigenvalue weighted by Crippen LogP contribution is -2.41. The Bertz CT molecular complexity index is 624. The Morgan fingerprint density at radius 2 is 1.67 bits per heavy atom. The zero-order valence-electron chi connectivity index (χ0n) is 12.4. The van der Waals surface area contributed by atoms with Gasteiger partial charge in [-0.05, 0) is 36.8 Å². The highest BCUT2D eigenvalue weighted by Crippen LogP contribution is 2.36. The standard InChI is InChI=1S/C19H21NO/c1-19(20,17-8-3-2-4-9-17)18(21)16-12-10-15(11-13-16)14-6-5-7-14/h2-4,8-14H,5-7,20H2,1H3. The van der Waals surface area contributed by atoms with E-state index in [0.29, 0.717) is 11.5 Å². The normalized spacial score (nSPS) is 17.8. The lowest BCUT2D eigenvalue weighted by molar-refractivity contribution is 0.0900. The van der Waals surface area contributed by atoms with E-state index in [1.807, 2.05) is 42.5 Å². The molecule has 2 N–H and O–H groups in total. The highest BCUT2D eigenvalue weighted by molar-refractivity contribution is 6.03. The SMILES string of the molecule is CC(N)(C(=O)c1ccc(C2CCC2)cc1)c1ccccc1. The molecule has 0 heterocycles. The topological polar surface area (TPSA) is 43.1 Å². The number of nitrogens with two attached hydrogens (primary N) is 1. The second-order valence-corrected chi connectivity index (χ2v) is 6.15. The summed E-state index contributed by atoms with van der Waals surface area (Å²) in [5.74, 6) is 0.654. The number of carbonyl (C=O) groups is 1. The van der Waals surface area contributed by atoms with Crippen LogP contribution in [-0.4, -0.2) is 5.78 Å². The van der Waals surface area contributed by atoms with Crippen molar-refractivity contribution in [2.24, 2.45) is 5.73 Å². The zero-order chi connectivity index (χ0) is 14.9. The van der Waals surface area contributed by atoms with Gasteiger partial charge < -0.3 is 5.73 Å². The van der Waals surface area contributed by atoms with E-state index in [9.17, 15) is 4.79 Å². The fourth-order valence-corrected chi connectivity index (χ4v) is 2.86. The minimum absolute atomic E-state index is 0.0335. The van der Waals surface area contributed by atoms with E-state index in [1.54, 1.807) is 6.92 Å². The molecule has 1 fully saturated rings. The molecule has 1 atom stereocenters. The molecule has 21 heavy (non-hydrogen) atoms. The predicted octanol–water partition coefficient (Wildman–Crippen LogP) is 4.01. The van der Waals surface area contributed by atoms with Crippen LogP contribution in [0.5, 0.6) is 0 Å². The summed E-state index contributed by atoms with van der Waals surface area (Å²) < 4.78 is 0. The number of rotatable bonds is 4. The van der Waals surface area contributed by atoms with Crippen molar-refractivity contribution >= 4 is 5.78 Å². The smallest absolute Gasteiger partial charge is 0.186 e. The van der Waals surface area contributed by atoms with Crippen LogP contribution >= 0.6 is 0 Å². The van der Waals surface area contributed by atoms with Crippen molar-refractivity contribution in [2.45, 2.75) is 37.6 Å². The molecule has 0 saturated heterocycles. The van der Waals surface area contributed by atoms with Crippen LogP contribution < -0.4 is 5.73 Å². The Morgan fingerprint density at radius 3 is 2.19 bits per heavy atom. The monoisotopic (exact) mass is 279 g/mol. The average molecular weight is 279 g/mol. The number of benzene rings is 2. The molecule has 0 bridgehead atoms. The first-order valence-electron chi connectivity index (χ1n) is 7.58. The Balaban J connectivity index is 1.84. The molecule has 0 spiro atoms. The summed E-state index contributed by atoms with van der Waals surface area (Å²) in [4.78, 5) is 12.7. The predicted molar refractivity (Wildman–Crippen MR) is 85.3 cm³/mol. The van der Waals surface area contributed by atoms with Crippen molar-refractivity contribution < 1.29 is 4.79 Å². The highest BCUT2D eigenvalue weighted by Gasteiger charge is 2.31. The van der Waals surface area contributed by atoms with Gasteiger partial charge >= 0.3 is 0 Å². The van der Waals surface area contributed by atoms with Crippen molar-refractivity contribution in [3.05, 3.63) is 71.3 Å². The van der Waals surface area contributed by atoms with Crippen molar-refractivity contribution in [2.75, 3.05) is 0 Å². The third-order valence-electron chi connectivity index (χ3n) is 4.59. The van der Waals surface area contributed by atoms with E-state index in [1.165, 1.54) is 24.8 Å². The lowest BCUT2D eigenvalue weighted by Gasteiger charge is -2.27. The van der Waals surface area contributed by atoms with Gasteiger partial charge in [0.05, 0.1) is 0 Å². The molecule has 108 valence electrons. The van der Waals surface area contributed by atoms with E-state index < -0.39 is 5.54 Å². The molecule has 2 heteroatoms. The van der Waals surface area contributed by atoms with Crippen molar-refractivity contribution in [3.63, 3.8) is 0 Å². The van der Waals surface area contributed by atoms with Crippen molar-refractivity contribution in [1.82, 2.24) is 0 Å². The molecule has 1 aliphatic rings. The molecule has 0 aromatic heterocycles. The summed E-state index contributed by atoms with van der Waals surface area (Å²) in [6.07, 6.45) is 3.86. The fourth-order valence-electron chi connectivity index (χ4n) is 2.86. The number of ketones is 1. The molecule has 2 nitrogen and oxygen atoms in total. The molecule has 0 amide bonds. The maximum absolute atomic E-state index is 12.7. The minimum atomic E-state index is -0.987. The van der Waals surface area contributed by atoms with Gasteiger partial charge in [-0.3, -0.25) is 4.79 Å². The average Bonchev–Trinajstić information content (AvgIpc) is 2.46. The van der Waals surface area contributed by atoms with E-state index in [2.05, 4.69) is 12.1 Å². The van der Waals surface area contributed by atoms with Crippen molar-refractivity contribution in [1.29, 1.82) is 0 Å². The van der Waals surface area contributed by atoms with Gasteiger partial charge in [-0.1, -0.05) is 61.0 Å². The number of hydrogen-bond acceptors (Lipinski definition) is 2. The fraction of sp³-hybridized carbons (Fsp3) is 0.316. The largest absolute Gasteiger partial charge is 0.315 e. The molecular weight excluding hydrogens is 258 g/mol. The first kappa shape index (κ1) is 14.0. The van der Waals surface area contributed by atoms with Crippen LogP contribution in [0.15, 0.2) is 54.6 Å². The van der Waals surface area contributed by atoms with Gasteiger partial charge in [0.1, 0.15) is 5.54 Å². The van der Waals surface area contributed by atoms with E-state index in [0.717, 1.165) is 5.56 Å². The van der Waals surface area contributed by atoms with Crippen LogP contribution in [0, 0.1) is 0 Å². The van der Waals surface area contributed by atoms with Crippen LogP contribution in [0.2, 0.25) is 0 Å².